The second-order valence-corrected chi connectivity index (χ2v) is 13.1. The molecule has 0 aromatic rings. The second-order valence-electron chi connectivity index (χ2n) is 11.4. The van der Waals surface area contributed by atoms with E-state index in [0.717, 1.165) is 75.5 Å². The van der Waals surface area contributed by atoms with Crippen LogP contribution in [-0.4, -0.2) is 73.1 Å². The third-order valence-corrected chi connectivity index (χ3v) is 8.76. The van der Waals surface area contributed by atoms with E-state index in [2.05, 4.69) is 18.9 Å². The van der Waals surface area contributed by atoms with Gasteiger partial charge in [-0.3, -0.25) is 19.5 Å². The Kier molecular flexibility index (Phi) is 25.9. The number of ether oxygens (including phenoxy) is 4. The quantitative estimate of drug-likeness (QED) is 0.0176. The number of unbranched alkanes of at least 4 members (excludes halogenated alkanes) is 11. The maximum Gasteiger partial charge on any atom is 0.510 e. The highest BCUT2D eigenvalue weighted by Gasteiger charge is 2.38. The van der Waals surface area contributed by atoms with Gasteiger partial charge in [-0.2, -0.15) is 0 Å². The van der Waals surface area contributed by atoms with Crippen LogP contribution in [0.25, 0.3) is 0 Å². The van der Waals surface area contributed by atoms with Crippen molar-refractivity contribution in [1.82, 2.24) is 9.99 Å². The Morgan fingerprint density at radius 2 is 1.11 bits per heavy atom. The summed E-state index contributed by atoms with van der Waals surface area (Å²) in [6, 6.07) is -1.10. The molecule has 0 aliphatic carbocycles. The molecule has 0 spiro atoms. The molecule has 0 aromatic carbocycles. The van der Waals surface area contributed by atoms with E-state index in [4.69, 9.17) is 33.4 Å². The SMILES string of the molecule is CCCCCCCCOC(=O)OC(CC)OP(=O)(NC(=N)N(C)C(CCCC)C(=O)O)OC(CC)OC(=O)OCCCCCCCC. The Labute approximate surface area is 282 Å². The maximum absolute atomic E-state index is 14.1. The molecule has 0 aliphatic rings. The van der Waals surface area contributed by atoms with E-state index in [1.165, 1.54) is 7.05 Å². The number of guanidine groups is 1. The number of carbonyl (C=O) groups is 3. The second kappa shape index (κ2) is 27.4. The van der Waals surface area contributed by atoms with Crippen molar-refractivity contribution in [3.63, 3.8) is 0 Å². The van der Waals surface area contributed by atoms with Crippen molar-refractivity contribution < 1.29 is 52.1 Å². The first-order valence-electron chi connectivity index (χ1n) is 17.4. The third-order valence-electron chi connectivity index (χ3n) is 7.25. The summed E-state index contributed by atoms with van der Waals surface area (Å²) in [4.78, 5) is 37.8. The number of carbonyl (C=O) groups excluding carboxylic acids is 2. The summed E-state index contributed by atoms with van der Waals surface area (Å²) in [7, 11) is -3.30. The summed E-state index contributed by atoms with van der Waals surface area (Å²) >= 11 is 0. The smallest absolute Gasteiger partial charge is 0.480 e. The van der Waals surface area contributed by atoms with Gasteiger partial charge in [-0.1, -0.05) is 112 Å². The van der Waals surface area contributed by atoms with Crippen molar-refractivity contribution in [2.75, 3.05) is 20.3 Å². The highest BCUT2D eigenvalue weighted by molar-refractivity contribution is 7.52. The van der Waals surface area contributed by atoms with Crippen LogP contribution in [0, 0.1) is 5.41 Å². The first-order chi connectivity index (χ1) is 22.5. The number of hydrogen-bond donors (Lipinski definition) is 3. The lowest BCUT2D eigenvalue weighted by Crippen LogP contribution is -2.47. The van der Waals surface area contributed by atoms with Crippen molar-refractivity contribution in [2.45, 2.75) is 162 Å². The van der Waals surface area contributed by atoms with E-state index in [1.807, 2.05) is 6.92 Å². The minimum absolute atomic E-state index is 0.0243. The van der Waals surface area contributed by atoms with Crippen LogP contribution in [0.4, 0.5) is 9.59 Å². The summed E-state index contributed by atoms with van der Waals surface area (Å²) in [6.07, 6.45) is 8.67. The predicted octanol–water partition coefficient (Wildman–Crippen LogP) is 8.73. The predicted molar refractivity (Wildman–Crippen MR) is 179 cm³/mol. The largest absolute Gasteiger partial charge is 0.510 e. The topological polar surface area (TPSA) is 183 Å². The molecular weight excluding hydrogens is 633 g/mol. The fraction of sp³-hybridized carbons (Fsp3) is 0.875. The van der Waals surface area contributed by atoms with Crippen LogP contribution in [0.15, 0.2) is 0 Å². The van der Waals surface area contributed by atoms with Gasteiger partial charge in [0.1, 0.15) is 6.04 Å². The van der Waals surface area contributed by atoms with E-state index in [9.17, 15) is 24.1 Å². The lowest BCUT2D eigenvalue weighted by atomic mass is 10.1. The number of hydrogen-bond acceptors (Lipinski definition) is 11. The summed E-state index contributed by atoms with van der Waals surface area (Å²) in [6.45, 7) is 9.67. The Morgan fingerprint density at radius 1 is 0.702 bits per heavy atom. The van der Waals surface area contributed by atoms with Gasteiger partial charge in [0.2, 0.25) is 18.5 Å². The van der Waals surface area contributed by atoms with Gasteiger partial charge in [0.05, 0.1) is 13.2 Å². The number of carboxylic acid groups (broad SMARTS) is 1. The molecule has 3 unspecified atom stereocenters. The minimum atomic E-state index is -4.65. The number of aliphatic carboxylic acids is 1. The molecule has 0 saturated carbocycles. The van der Waals surface area contributed by atoms with E-state index >= 15 is 0 Å². The summed E-state index contributed by atoms with van der Waals surface area (Å²) in [5.74, 6) is -1.76. The Bertz CT molecular complexity index is 879. The van der Waals surface area contributed by atoms with Gasteiger partial charge in [0.15, 0.2) is 0 Å². The van der Waals surface area contributed by atoms with Crippen LogP contribution in [0.3, 0.4) is 0 Å². The van der Waals surface area contributed by atoms with Gasteiger partial charge in [-0.05, 0) is 19.3 Å². The summed E-state index contributed by atoms with van der Waals surface area (Å²) < 4.78 is 46.0. The first kappa shape index (κ1) is 44.4. The van der Waals surface area contributed by atoms with Gasteiger partial charge in [0, 0.05) is 19.9 Å². The minimum Gasteiger partial charge on any atom is -0.480 e. The highest BCUT2D eigenvalue weighted by Crippen LogP contribution is 2.48. The van der Waals surface area contributed by atoms with E-state index in [-0.39, 0.29) is 32.5 Å². The van der Waals surface area contributed by atoms with Crippen molar-refractivity contribution in [3.05, 3.63) is 0 Å². The van der Waals surface area contributed by atoms with E-state index in [1.54, 1.807) is 13.8 Å². The Morgan fingerprint density at radius 3 is 1.49 bits per heavy atom. The molecular formula is C32H62N3O11P. The fourth-order valence-electron chi connectivity index (χ4n) is 4.35. The van der Waals surface area contributed by atoms with Gasteiger partial charge in [0.25, 0.3) is 0 Å². The van der Waals surface area contributed by atoms with Crippen LogP contribution in [0.5, 0.6) is 0 Å². The van der Waals surface area contributed by atoms with Crippen molar-refractivity contribution >= 4 is 32.0 Å². The van der Waals surface area contributed by atoms with Crippen molar-refractivity contribution in [2.24, 2.45) is 0 Å². The van der Waals surface area contributed by atoms with Crippen LogP contribution in [0.1, 0.15) is 144 Å². The molecule has 0 heterocycles. The maximum atomic E-state index is 14.1. The molecule has 0 amide bonds. The highest BCUT2D eigenvalue weighted by atomic mass is 31.2. The molecule has 0 saturated heterocycles. The normalized spacial score (nSPS) is 14.3. The molecule has 3 N–H and O–H groups in total. The summed E-state index contributed by atoms with van der Waals surface area (Å²) in [5.41, 5.74) is 0. The van der Waals surface area contributed by atoms with E-state index < -0.39 is 50.6 Å². The molecule has 15 heteroatoms. The molecule has 3 atom stereocenters. The van der Waals surface area contributed by atoms with E-state index in [0.29, 0.717) is 19.3 Å². The van der Waals surface area contributed by atoms with Gasteiger partial charge >= 0.3 is 26.0 Å². The zero-order chi connectivity index (χ0) is 35.5. The number of likely N-dealkylation sites (N-methyl/N-ethyl adjacent to an activating group) is 1. The lowest BCUT2D eigenvalue weighted by Gasteiger charge is -2.31. The zero-order valence-corrected chi connectivity index (χ0v) is 30.5. The molecule has 276 valence electrons. The molecule has 0 rings (SSSR count). The van der Waals surface area contributed by atoms with Crippen molar-refractivity contribution in [3.8, 4) is 0 Å². The molecule has 0 aliphatic heterocycles. The number of nitrogens with one attached hydrogen (secondary N) is 2. The molecule has 0 bridgehead atoms. The molecule has 14 nitrogen and oxygen atoms in total. The van der Waals surface area contributed by atoms with Gasteiger partial charge in [-0.25, -0.2) is 18.9 Å². The zero-order valence-electron chi connectivity index (χ0n) is 29.6. The number of carboxylic acids is 1. The van der Waals surface area contributed by atoms with Gasteiger partial charge in [-0.15, -0.1) is 0 Å². The third kappa shape index (κ3) is 21.8. The van der Waals surface area contributed by atoms with Crippen LogP contribution >= 0.6 is 7.75 Å². The van der Waals surface area contributed by atoms with Gasteiger partial charge < -0.3 is 29.0 Å². The van der Waals surface area contributed by atoms with Crippen LogP contribution in [0.2, 0.25) is 0 Å². The standard InChI is InChI=1S/C32H62N3O11P/c1-7-12-15-17-19-21-24-41-31(38)43-27(10-4)45-47(40,34-30(33)35(6)26(29(36)37)23-14-9-3)46-28(11-5)44-32(39)42-25-22-20-18-16-13-8-2/h26-28H,7-25H2,1-6H3,(H,36,37)(H2,33,34,40). The average Bonchev–Trinajstić information content (AvgIpc) is 3.03. The van der Waals surface area contributed by atoms with Crippen molar-refractivity contribution in [1.29, 1.82) is 5.41 Å². The lowest BCUT2D eigenvalue weighted by molar-refractivity contribution is -0.141. The molecule has 0 radical (unpaired) electrons. The Balaban J connectivity index is 5.55. The Hall–Kier alpha value is -2.57. The summed E-state index contributed by atoms with van der Waals surface area (Å²) in [5, 5.41) is 20.5. The van der Waals surface area contributed by atoms with Crippen LogP contribution < -0.4 is 5.09 Å². The van der Waals surface area contributed by atoms with Crippen LogP contribution in [-0.2, 0) is 37.4 Å². The average molecular weight is 696 g/mol. The fourth-order valence-corrected chi connectivity index (χ4v) is 5.92. The molecule has 0 aromatic heterocycles. The number of rotatable bonds is 28. The molecule has 0 fully saturated rings. The molecule has 47 heavy (non-hydrogen) atoms. The first-order valence-corrected chi connectivity index (χ1v) is 19.0. The monoisotopic (exact) mass is 695 g/mol. The number of nitrogens with zero attached hydrogens (tertiary/aromatic N) is 1.